The molecule has 0 amide bonds. The number of fused-ring (bicyclic) bond motifs is 1. The van der Waals surface area contributed by atoms with E-state index in [1.807, 2.05) is 4.90 Å². The largest absolute Gasteiger partial charge is 0.481 e. The summed E-state index contributed by atoms with van der Waals surface area (Å²) in [6.07, 6.45) is 0.849. The van der Waals surface area contributed by atoms with Gasteiger partial charge in [0.25, 0.3) is 0 Å². The van der Waals surface area contributed by atoms with Crippen LogP contribution in [-0.4, -0.2) is 23.6 Å². The van der Waals surface area contributed by atoms with Gasteiger partial charge in [-0.25, -0.2) is 4.39 Å². The number of hydrogen-bond donors (Lipinski definition) is 1. The third-order valence-electron chi connectivity index (χ3n) is 3.13. The predicted molar refractivity (Wildman–Crippen MR) is 70.1 cm³/mol. The van der Waals surface area contributed by atoms with Gasteiger partial charge in [0.1, 0.15) is 11.6 Å². The van der Waals surface area contributed by atoms with E-state index in [4.69, 9.17) is 10.5 Å². The molecule has 0 unspecified atom stereocenters. The van der Waals surface area contributed by atoms with Crippen LogP contribution in [0, 0.1) is 5.82 Å². The first kappa shape index (κ1) is 11.7. The Kier molecular flexibility index (Phi) is 2.70. The number of hydrogen-bond acceptors (Lipinski definition) is 5. The van der Waals surface area contributed by atoms with Crippen molar-refractivity contribution in [3.8, 4) is 5.88 Å². The van der Waals surface area contributed by atoms with E-state index < -0.39 is 0 Å². The van der Waals surface area contributed by atoms with Crippen molar-refractivity contribution in [2.24, 2.45) is 0 Å². The summed E-state index contributed by atoms with van der Waals surface area (Å²) < 4.78 is 18.4. The third kappa shape index (κ3) is 2.05. The maximum absolute atomic E-state index is 13.4. The van der Waals surface area contributed by atoms with Crippen LogP contribution in [0.4, 0.5) is 21.8 Å². The summed E-state index contributed by atoms with van der Waals surface area (Å²) in [6.45, 7) is 0.735. The van der Waals surface area contributed by atoms with Crippen LogP contribution in [0.1, 0.15) is 5.56 Å². The average Bonchev–Trinajstić information content (AvgIpc) is 2.80. The van der Waals surface area contributed by atoms with Gasteiger partial charge >= 0.3 is 0 Å². The molecular weight excluding hydrogens is 247 g/mol. The lowest BCUT2D eigenvalue weighted by Crippen LogP contribution is -2.16. The molecule has 0 bridgehead atoms. The number of halogens is 1. The minimum Gasteiger partial charge on any atom is -0.481 e. The van der Waals surface area contributed by atoms with Crippen molar-refractivity contribution in [3.63, 3.8) is 0 Å². The van der Waals surface area contributed by atoms with Gasteiger partial charge in [0.15, 0.2) is 0 Å². The highest BCUT2D eigenvalue weighted by atomic mass is 19.1. The minimum atomic E-state index is -0.264. The molecule has 0 fully saturated rings. The predicted octanol–water partition coefficient (Wildman–Crippen LogP) is 1.90. The number of rotatable bonds is 2. The highest BCUT2D eigenvalue weighted by Crippen LogP contribution is 2.35. The van der Waals surface area contributed by atoms with Crippen molar-refractivity contribution in [2.45, 2.75) is 6.42 Å². The molecule has 2 N–H and O–H groups in total. The number of anilines is 3. The number of methoxy groups -OCH3 is 1. The van der Waals surface area contributed by atoms with E-state index in [0.717, 1.165) is 24.2 Å². The lowest BCUT2D eigenvalue weighted by Gasteiger charge is -2.18. The molecule has 0 aliphatic carbocycles. The number of ether oxygens (including phenoxy) is 1. The second kappa shape index (κ2) is 4.38. The van der Waals surface area contributed by atoms with Crippen molar-refractivity contribution in [2.75, 3.05) is 24.3 Å². The summed E-state index contributed by atoms with van der Waals surface area (Å²) in [5.41, 5.74) is 7.56. The molecule has 19 heavy (non-hydrogen) atoms. The number of aromatic nitrogens is 2. The van der Waals surface area contributed by atoms with Gasteiger partial charge in [-0.3, -0.25) is 0 Å². The van der Waals surface area contributed by atoms with Crippen molar-refractivity contribution >= 4 is 17.5 Å². The van der Waals surface area contributed by atoms with Crippen LogP contribution in [0.15, 0.2) is 24.3 Å². The van der Waals surface area contributed by atoms with Crippen molar-refractivity contribution in [1.82, 2.24) is 9.97 Å². The Morgan fingerprint density at radius 3 is 2.95 bits per heavy atom. The Balaban J connectivity index is 2.06. The summed E-state index contributed by atoms with van der Waals surface area (Å²) in [5, 5.41) is 0. The molecule has 1 aliphatic heterocycles. The first-order valence-corrected chi connectivity index (χ1v) is 5.92. The molecule has 5 nitrogen and oxygen atoms in total. The fraction of sp³-hybridized carbons (Fsp3) is 0.231. The molecule has 0 atom stereocenters. The number of nitrogens with two attached hydrogens (primary N) is 1. The molecule has 98 valence electrons. The second-order valence-electron chi connectivity index (χ2n) is 4.30. The zero-order chi connectivity index (χ0) is 13.4. The summed E-state index contributed by atoms with van der Waals surface area (Å²) in [5.74, 6) is 0.889. The second-order valence-corrected chi connectivity index (χ2v) is 4.30. The fourth-order valence-corrected chi connectivity index (χ4v) is 2.26. The van der Waals surface area contributed by atoms with E-state index in [1.54, 1.807) is 12.1 Å². The molecule has 1 aromatic heterocycles. The Labute approximate surface area is 109 Å². The van der Waals surface area contributed by atoms with Gasteiger partial charge in [0.05, 0.1) is 7.11 Å². The molecule has 1 aromatic carbocycles. The van der Waals surface area contributed by atoms with Crippen LogP contribution in [0.2, 0.25) is 0 Å². The zero-order valence-corrected chi connectivity index (χ0v) is 10.4. The molecule has 2 aromatic rings. The van der Waals surface area contributed by atoms with Crippen LogP contribution in [0.5, 0.6) is 5.88 Å². The van der Waals surface area contributed by atoms with Crippen LogP contribution < -0.4 is 15.4 Å². The maximum Gasteiger partial charge on any atom is 0.225 e. The fourth-order valence-electron chi connectivity index (χ4n) is 2.26. The molecular formula is C13H13FN4O. The van der Waals surface area contributed by atoms with E-state index in [0.29, 0.717) is 11.7 Å². The van der Waals surface area contributed by atoms with Gasteiger partial charge in [-0.2, -0.15) is 9.97 Å². The smallest absolute Gasteiger partial charge is 0.225 e. The van der Waals surface area contributed by atoms with Crippen molar-refractivity contribution in [1.29, 1.82) is 0 Å². The quantitative estimate of drug-likeness (QED) is 0.893. The maximum atomic E-state index is 13.4. The molecule has 1 aliphatic rings. The topological polar surface area (TPSA) is 64.3 Å². The van der Waals surface area contributed by atoms with Crippen molar-refractivity contribution in [3.05, 3.63) is 35.6 Å². The van der Waals surface area contributed by atoms with E-state index in [1.165, 1.54) is 19.2 Å². The highest BCUT2D eigenvalue weighted by molar-refractivity contribution is 5.68. The first-order valence-electron chi connectivity index (χ1n) is 5.92. The minimum absolute atomic E-state index is 0.138. The summed E-state index contributed by atoms with van der Waals surface area (Å²) >= 11 is 0. The molecule has 0 radical (unpaired) electrons. The standard InChI is InChI=1S/C13H13FN4O/c1-19-12-7-11(16-13(15)17-12)18-5-4-8-2-3-9(14)6-10(8)18/h2-3,6-7H,4-5H2,1H3,(H2,15,16,17). The van der Waals surface area contributed by atoms with Crippen LogP contribution in [-0.2, 0) is 6.42 Å². The SMILES string of the molecule is COc1cc(N2CCc3ccc(F)cc32)nc(N)n1. The summed E-state index contributed by atoms with van der Waals surface area (Å²) in [7, 11) is 1.52. The van der Waals surface area contributed by atoms with Gasteiger partial charge < -0.3 is 15.4 Å². The lowest BCUT2D eigenvalue weighted by molar-refractivity contribution is 0.398. The monoisotopic (exact) mass is 260 g/mol. The molecule has 0 saturated heterocycles. The Bertz CT molecular complexity index is 632. The third-order valence-corrected chi connectivity index (χ3v) is 3.13. The first-order chi connectivity index (χ1) is 9.17. The summed E-state index contributed by atoms with van der Waals surface area (Å²) in [4.78, 5) is 10.0. The average molecular weight is 260 g/mol. The Hall–Kier alpha value is -2.37. The van der Waals surface area contributed by atoms with E-state index in [2.05, 4.69) is 9.97 Å². The normalized spacial score (nSPS) is 13.5. The number of benzene rings is 1. The Morgan fingerprint density at radius 2 is 2.16 bits per heavy atom. The Morgan fingerprint density at radius 1 is 1.32 bits per heavy atom. The molecule has 0 spiro atoms. The number of nitrogen functional groups attached to an aromatic ring is 1. The van der Waals surface area contributed by atoms with Crippen LogP contribution >= 0.6 is 0 Å². The molecule has 0 saturated carbocycles. The van der Waals surface area contributed by atoms with E-state index in [9.17, 15) is 4.39 Å². The molecule has 6 heteroatoms. The number of nitrogens with zero attached hydrogens (tertiary/aromatic N) is 3. The molecule has 2 heterocycles. The zero-order valence-electron chi connectivity index (χ0n) is 10.4. The lowest BCUT2D eigenvalue weighted by atomic mass is 10.2. The van der Waals surface area contributed by atoms with E-state index in [-0.39, 0.29) is 11.8 Å². The molecule has 3 rings (SSSR count). The van der Waals surface area contributed by atoms with Crippen LogP contribution in [0.25, 0.3) is 0 Å². The highest BCUT2D eigenvalue weighted by Gasteiger charge is 2.22. The van der Waals surface area contributed by atoms with Gasteiger partial charge in [0.2, 0.25) is 11.8 Å². The van der Waals surface area contributed by atoms with Crippen molar-refractivity contribution < 1.29 is 9.13 Å². The van der Waals surface area contributed by atoms with Crippen LogP contribution in [0.3, 0.4) is 0 Å². The van der Waals surface area contributed by atoms with Gasteiger partial charge in [-0.15, -0.1) is 0 Å². The van der Waals surface area contributed by atoms with Gasteiger partial charge in [-0.05, 0) is 24.1 Å². The van der Waals surface area contributed by atoms with Gasteiger partial charge in [0, 0.05) is 18.3 Å². The van der Waals surface area contributed by atoms with Gasteiger partial charge in [-0.1, -0.05) is 6.07 Å². The van der Waals surface area contributed by atoms with E-state index >= 15 is 0 Å². The summed E-state index contributed by atoms with van der Waals surface area (Å²) in [6, 6.07) is 6.47.